The van der Waals surface area contributed by atoms with Crippen molar-refractivity contribution in [1.82, 2.24) is 5.32 Å². The van der Waals surface area contributed by atoms with Gasteiger partial charge in [0.2, 0.25) is 0 Å². The van der Waals surface area contributed by atoms with Crippen LogP contribution in [-0.2, 0) is 17.6 Å². The monoisotopic (exact) mass is 257 g/mol. The maximum Gasteiger partial charge on any atom is 0.0650 e. The van der Waals surface area contributed by atoms with E-state index >= 15 is 0 Å². The summed E-state index contributed by atoms with van der Waals surface area (Å²) in [6, 6.07) is 9.54. The van der Waals surface area contributed by atoms with E-state index in [-0.39, 0.29) is 0 Å². The molecule has 102 valence electrons. The molecule has 0 aromatic heterocycles. The minimum Gasteiger partial charge on any atom is -0.377 e. The molecule has 0 saturated heterocycles. The van der Waals surface area contributed by atoms with E-state index in [4.69, 9.17) is 4.74 Å². The third-order valence-electron chi connectivity index (χ3n) is 4.28. The van der Waals surface area contributed by atoms with Crippen molar-refractivity contribution >= 4 is 0 Å². The standard InChI is InChI=1S/C17H23NO/c1-2-4-16-13-17(6-5-15(16)3-1)18-10-7-14-8-11-19-12-9-14/h1-4,8,17-18H,5-7,9-13H2/t17-/m0/s1. The van der Waals surface area contributed by atoms with Crippen LogP contribution >= 0.6 is 0 Å². The van der Waals surface area contributed by atoms with Gasteiger partial charge in [-0.15, -0.1) is 0 Å². The fourth-order valence-corrected chi connectivity index (χ4v) is 3.10. The van der Waals surface area contributed by atoms with Crippen molar-refractivity contribution in [3.8, 4) is 0 Å². The van der Waals surface area contributed by atoms with Gasteiger partial charge < -0.3 is 10.1 Å². The Labute approximate surface area is 115 Å². The Balaban J connectivity index is 1.46. The largest absolute Gasteiger partial charge is 0.377 e. The molecule has 1 aromatic rings. The van der Waals surface area contributed by atoms with Crippen LogP contribution in [0.15, 0.2) is 35.9 Å². The average Bonchev–Trinajstić information content (AvgIpc) is 2.48. The molecular weight excluding hydrogens is 234 g/mol. The fourth-order valence-electron chi connectivity index (χ4n) is 3.10. The van der Waals surface area contributed by atoms with Crippen LogP contribution in [0.5, 0.6) is 0 Å². The van der Waals surface area contributed by atoms with Gasteiger partial charge in [0.25, 0.3) is 0 Å². The lowest BCUT2D eigenvalue weighted by atomic mass is 9.88. The normalized spacial score (nSPS) is 22.7. The van der Waals surface area contributed by atoms with Crippen molar-refractivity contribution in [2.45, 2.75) is 38.1 Å². The van der Waals surface area contributed by atoms with E-state index in [0.717, 1.165) is 26.2 Å². The third kappa shape index (κ3) is 3.46. The van der Waals surface area contributed by atoms with Crippen LogP contribution in [0.1, 0.15) is 30.4 Å². The Morgan fingerprint density at radius 2 is 2.05 bits per heavy atom. The minimum atomic E-state index is 0.662. The van der Waals surface area contributed by atoms with E-state index in [1.165, 1.54) is 31.2 Å². The van der Waals surface area contributed by atoms with Crippen molar-refractivity contribution in [3.63, 3.8) is 0 Å². The first kappa shape index (κ1) is 12.9. The first-order chi connectivity index (χ1) is 9.42. The predicted octanol–water partition coefficient (Wildman–Crippen LogP) is 2.87. The molecule has 1 N–H and O–H groups in total. The summed E-state index contributed by atoms with van der Waals surface area (Å²) >= 11 is 0. The van der Waals surface area contributed by atoms with E-state index in [1.807, 2.05) is 0 Å². The fraction of sp³-hybridized carbons (Fsp3) is 0.529. The minimum absolute atomic E-state index is 0.662. The predicted molar refractivity (Wildman–Crippen MR) is 78.4 cm³/mol. The third-order valence-corrected chi connectivity index (χ3v) is 4.28. The smallest absolute Gasteiger partial charge is 0.0650 e. The summed E-state index contributed by atoms with van der Waals surface area (Å²) in [6.07, 6.45) is 8.25. The second-order valence-electron chi connectivity index (χ2n) is 5.60. The van der Waals surface area contributed by atoms with Crippen molar-refractivity contribution in [2.24, 2.45) is 0 Å². The summed E-state index contributed by atoms with van der Waals surface area (Å²) < 4.78 is 5.34. The molecule has 0 unspecified atom stereocenters. The molecule has 2 nitrogen and oxygen atoms in total. The van der Waals surface area contributed by atoms with Crippen molar-refractivity contribution in [3.05, 3.63) is 47.0 Å². The summed E-state index contributed by atoms with van der Waals surface area (Å²) in [5, 5.41) is 3.73. The van der Waals surface area contributed by atoms with Gasteiger partial charge in [-0.1, -0.05) is 35.9 Å². The summed E-state index contributed by atoms with van der Waals surface area (Å²) in [5.74, 6) is 0. The Morgan fingerprint density at radius 3 is 2.89 bits per heavy atom. The van der Waals surface area contributed by atoms with Gasteiger partial charge in [-0.25, -0.2) is 0 Å². The lowest BCUT2D eigenvalue weighted by Crippen LogP contribution is -2.35. The number of hydrogen-bond donors (Lipinski definition) is 1. The molecule has 19 heavy (non-hydrogen) atoms. The summed E-state index contributed by atoms with van der Waals surface area (Å²) in [5.41, 5.74) is 4.65. The molecule has 1 aliphatic carbocycles. The van der Waals surface area contributed by atoms with Crippen LogP contribution in [0.3, 0.4) is 0 Å². The maximum absolute atomic E-state index is 5.34. The number of rotatable bonds is 4. The molecule has 0 spiro atoms. The number of benzene rings is 1. The molecule has 2 heteroatoms. The second-order valence-corrected chi connectivity index (χ2v) is 5.60. The van der Waals surface area contributed by atoms with E-state index in [2.05, 4.69) is 35.7 Å². The number of ether oxygens (including phenoxy) is 1. The van der Waals surface area contributed by atoms with E-state index in [0.29, 0.717) is 6.04 Å². The van der Waals surface area contributed by atoms with E-state index in [9.17, 15) is 0 Å². The number of nitrogens with one attached hydrogen (secondary N) is 1. The van der Waals surface area contributed by atoms with Gasteiger partial charge in [0, 0.05) is 6.04 Å². The summed E-state index contributed by atoms with van der Waals surface area (Å²) in [6.45, 7) is 2.83. The number of fused-ring (bicyclic) bond motifs is 1. The molecule has 1 atom stereocenters. The second kappa shape index (κ2) is 6.36. The number of hydrogen-bond acceptors (Lipinski definition) is 2. The SMILES string of the molecule is C1=C(CCN[C@H]2CCc3ccccc3C2)CCOC1. The van der Waals surface area contributed by atoms with Gasteiger partial charge in [0.15, 0.2) is 0 Å². The first-order valence-corrected chi connectivity index (χ1v) is 7.47. The van der Waals surface area contributed by atoms with Crippen LogP contribution < -0.4 is 5.32 Å². The molecule has 1 aliphatic heterocycles. The molecular formula is C17H23NO. The highest BCUT2D eigenvalue weighted by molar-refractivity contribution is 5.30. The molecule has 0 saturated carbocycles. The molecule has 0 fully saturated rings. The molecule has 0 bridgehead atoms. The highest BCUT2D eigenvalue weighted by Gasteiger charge is 2.17. The first-order valence-electron chi connectivity index (χ1n) is 7.47. The summed E-state index contributed by atoms with van der Waals surface area (Å²) in [4.78, 5) is 0. The Bertz CT molecular complexity index is 452. The van der Waals surface area contributed by atoms with Crippen LogP contribution in [-0.4, -0.2) is 25.8 Å². The highest BCUT2D eigenvalue weighted by Crippen LogP contribution is 2.21. The van der Waals surface area contributed by atoms with Crippen LogP contribution in [0.25, 0.3) is 0 Å². The molecule has 1 aromatic carbocycles. The van der Waals surface area contributed by atoms with Gasteiger partial charge in [0.1, 0.15) is 0 Å². The molecule has 0 amide bonds. The zero-order valence-electron chi connectivity index (χ0n) is 11.5. The van der Waals surface area contributed by atoms with Gasteiger partial charge in [-0.3, -0.25) is 0 Å². The maximum atomic E-state index is 5.34. The molecule has 3 rings (SSSR count). The zero-order valence-corrected chi connectivity index (χ0v) is 11.5. The molecule has 0 radical (unpaired) electrons. The lowest BCUT2D eigenvalue weighted by Gasteiger charge is -2.26. The van der Waals surface area contributed by atoms with Crippen LogP contribution in [0.4, 0.5) is 0 Å². The Morgan fingerprint density at radius 1 is 1.16 bits per heavy atom. The quantitative estimate of drug-likeness (QED) is 0.837. The van der Waals surface area contributed by atoms with Crippen LogP contribution in [0.2, 0.25) is 0 Å². The van der Waals surface area contributed by atoms with Gasteiger partial charge >= 0.3 is 0 Å². The van der Waals surface area contributed by atoms with Crippen molar-refractivity contribution < 1.29 is 4.74 Å². The highest BCUT2D eigenvalue weighted by atomic mass is 16.5. The van der Waals surface area contributed by atoms with Gasteiger partial charge in [-0.2, -0.15) is 0 Å². The van der Waals surface area contributed by atoms with E-state index < -0.39 is 0 Å². The van der Waals surface area contributed by atoms with Crippen LogP contribution in [0, 0.1) is 0 Å². The van der Waals surface area contributed by atoms with Gasteiger partial charge in [-0.05, 0) is 49.8 Å². The Hall–Kier alpha value is -1.12. The van der Waals surface area contributed by atoms with Gasteiger partial charge in [0.05, 0.1) is 13.2 Å². The molecule has 1 heterocycles. The van der Waals surface area contributed by atoms with E-state index in [1.54, 1.807) is 11.1 Å². The Kier molecular flexibility index (Phi) is 4.31. The zero-order chi connectivity index (χ0) is 12.9. The number of aryl methyl sites for hydroxylation is 1. The summed E-state index contributed by atoms with van der Waals surface area (Å²) in [7, 11) is 0. The van der Waals surface area contributed by atoms with Crippen molar-refractivity contribution in [2.75, 3.05) is 19.8 Å². The molecule has 2 aliphatic rings. The van der Waals surface area contributed by atoms with Crippen molar-refractivity contribution in [1.29, 1.82) is 0 Å². The topological polar surface area (TPSA) is 21.3 Å². The average molecular weight is 257 g/mol. The lowest BCUT2D eigenvalue weighted by molar-refractivity contribution is 0.153.